The highest BCUT2D eigenvalue weighted by Crippen LogP contribution is 2.39. The molecule has 1 saturated carbocycles. The van der Waals surface area contributed by atoms with Gasteiger partial charge in [0.1, 0.15) is 11.6 Å². The van der Waals surface area contributed by atoms with Crippen molar-refractivity contribution in [3.63, 3.8) is 0 Å². The highest BCUT2D eigenvalue weighted by Gasteiger charge is 2.43. The number of halogens is 2. The number of hydrogen-bond donors (Lipinski definition) is 1. The molecule has 0 bridgehead atoms. The third-order valence-electron chi connectivity index (χ3n) is 4.22. The number of carbonyl (C=O) groups excluding carboxylic acids is 2. The molecule has 2 aliphatic rings. The maximum atomic E-state index is 14.2. The molecule has 0 aromatic heterocycles. The van der Waals surface area contributed by atoms with Crippen LogP contribution in [0.3, 0.4) is 0 Å². The van der Waals surface area contributed by atoms with Crippen LogP contribution >= 0.6 is 0 Å². The van der Waals surface area contributed by atoms with Gasteiger partial charge in [0.25, 0.3) is 0 Å². The van der Waals surface area contributed by atoms with Gasteiger partial charge in [-0.15, -0.1) is 0 Å². The second-order valence-corrected chi connectivity index (χ2v) is 5.84. The van der Waals surface area contributed by atoms with Crippen LogP contribution < -0.4 is 5.32 Å². The molecule has 0 unspecified atom stereocenters. The van der Waals surface area contributed by atoms with E-state index in [0.29, 0.717) is 5.70 Å². The maximum absolute atomic E-state index is 14.2. The summed E-state index contributed by atoms with van der Waals surface area (Å²) in [7, 11) is 0. The first-order chi connectivity index (χ1) is 11.5. The van der Waals surface area contributed by atoms with E-state index in [1.54, 1.807) is 13.8 Å². The van der Waals surface area contributed by atoms with E-state index in [-0.39, 0.29) is 23.8 Å². The fourth-order valence-corrected chi connectivity index (χ4v) is 3.01. The molecule has 24 heavy (non-hydrogen) atoms. The van der Waals surface area contributed by atoms with Crippen molar-refractivity contribution in [2.75, 3.05) is 6.61 Å². The highest BCUT2D eigenvalue weighted by molar-refractivity contribution is 5.95. The summed E-state index contributed by atoms with van der Waals surface area (Å²) in [6, 6.07) is 1.76. The smallest absolute Gasteiger partial charge is 0.338 e. The number of esters is 1. The van der Waals surface area contributed by atoms with Gasteiger partial charge in [-0.3, -0.25) is 4.90 Å². The molecule has 2 amide bonds. The molecule has 3 rings (SSSR count). The Morgan fingerprint density at radius 3 is 2.50 bits per heavy atom. The van der Waals surface area contributed by atoms with Crippen LogP contribution in [0.4, 0.5) is 13.6 Å². The predicted molar refractivity (Wildman–Crippen MR) is 81.8 cm³/mol. The summed E-state index contributed by atoms with van der Waals surface area (Å²) < 4.78 is 33.4. The molecular formula is C17H18F2N2O3. The third kappa shape index (κ3) is 2.74. The minimum atomic E-state index is -1.22. The Bertz CT molecular complexity index is 708. The molecule has 7 heteroatoms. The first-order valence-corrected chi connectivity index (χ1v) is 7.87. The summed E-state index contributed by atoms with van der Waals surface area (Å²) in [5, 5.41) is 2.55. The number of rotatable bonds is 4. The number of urea groups is 1. The topological polar surface area (TPSA) is 58.6 Å². The van der Waals surface area contributed by atoms with E-state index in [0.717, 1.165) is 25.0 Å². The van der Waals surface area contributed by atoms with Gasteiger partial charge >= 0.3 is 12.0 Å². The fourth-order valence-electron chi connectivity index (χ4n) is 3.01. The van der Waals surface area contributed by atoms with Gasteiger partial charge in [-0.2, -0.15) is 0 Å². The van der Waals surface area contributed by atoms with Gasteiger partial charge in [-0.05, 0) is 38.8 Å². The van der Waals surface area contributed by atoms with Crippen LogP contribution in [0.5, 0.6) is 0 Å². The molecular weight excluding hydrogens is 318 g/mol. The van der Waals surface area contributed by atoms with Crippen LogP contribution in [0, 0.1) is 11.6 Å². The van der Waals surface area contributed by atoms with Gasteiger partial charge in [-0.25, -0.2) is 18.4 Å². The summed E-state index contributed by atoms with van der Waals surface area (Å²) in [4.78, 5) is 26.3. The van der Waals surface area contributed by atoms with E-state index in [1.165, 1.54) is 11.0 Å². The lowest BCUT2D eigenvalue weighted by atomic mass is 9.94. The number of nitrogens with zero attached hydrogens (tertiary/aromatic N) is 1. The Morgan fingerprint density at radius 1 is 1.33 bits per heavy atom. The van der Waals surface area contributed by atoms with Crippen molar-refractivity contribution < 1.29 is 23.1 Å². The van der Waals surface area contributed by atoms with E-state index in [4.69, 9.17) is 4.74 Å². The predicted octanol–water partition coefficient (Wildman–Crippen LogP) is 3.03. The van der Waals surface area contributed by atoms with Gasteiger partial charge in [0.05, 0.1) is 23.8 Å². The number of hydrogen-bond acceptors (Lipinski definition) is 3. The Kier molecular flexibility index (Phi) is 4.26. The lowest BCUT2D eigenvalue weighted by molar-refractivity contribution is -0.139. The first kappa shape index (κ1) is 16.4. The summed E-state index contributed by atoms with van der Waals surface area (Å²) in [5.74, 6) is -2.34. The van der Waals surface area contributed by atoms with E-state index < -0.39 is 29.7 Å². The maximum Gasteiger partial charge on any atom is 0.338 e. The van der Waals surface area contributed by atoms with Crippen LogP contribution in [0.1, 0.15) is 38.3 Å². The lowest BCUT2D eigenvalue weighted by Crippen LogP contribution is -2.49. The molecule has 1 aromatic carbocycles. The van der Waals surface area contributed by atoms with Gasteiger partial charge in [-0.1, -0.05) is 6.07 Å². The molecule has 1 aliphatic heterocycles. The van der Waals surface area contributed by atoms with Crippen LogP contribution in [-0.4, -0.2) is 29.5 Å². The van der Waals surface area contributed by atoms with Crippen molar-refractivity contribution >= 4 is 12.0 Å². The quantitative estimate of drug-likeness (QED) is 0.860. The molecule has 0 spiro atoms. The van der Waals surface area contributed by atoms with Crippen molar-refractivity contribution in [2.24, 2.45) is 0 Å². The van der Waals surface area contributed by atoms with Gasteiger partial charge in [0, 0.05) is 11.7 Å². The molecule has 1 aromatic rings. The molecule has 128 valence electrons. The number of allylic oxidation sites excluding steroid dienone is 1. The Hall–Kier alpha value is -2.44. The van der Waals surface area contributed by atoms with Gasteiger partial charge in [0.15, 0.2) is 0 Å². The minimum absolute atomic E-state index is 0.0147. The van der Waals surface area contributed by atoms with Crippen LogP contribution in [0.25, 0.3) is 0 Å². The van der Waals surface area contributed by atoms with E-state index in [1.807, 2.05) is 0 Å². The molecule has 1 aliphatic carbocycles. The molecule has 0 saturated heterocycles. The zero-order chi connectivity index (χ0) is 17.4. The molecule has 1 atom stereocenters. The normalized spacial score (nSPS) is 20.9. The first-order valence-electron chi connectivity index (χ1n) is 7.87. The molecule has 0 radical (unpaired) electrons. The molecule has 1 fully saturated rings. The zero-order valence-corrected chi connectivity index (χ0v) is 13.4. The Labute approximate surface area is 138 Å². The van der Waals surface area contributed by atoms with Crippen molar-refractivity contribution in [3.05, 3.63) is 46.7 Å². The zero-order valence-electron chi connectivity index (χ0n) is 13.4. The van der Waals surface area contributed by atoms with Crippen LogP contribution in [-0.2, 0) is 9.53 Å². The van der Waals surface area contributed by atoms with E-state index in [2.05, 4.69) is 5.32 Å². The summed E-state index contributed by atoms with van der Waals surface area (Å²) in [5.41, 5.74) is 0.0865. The molecule has 1 heterocycles. The number of benzene rings is 1. The Morgan fingerprint density at radius 2 is 1.96 bits per heavy atom. The number of ether oxygens (including phenoxy) is 1. The second-order valence-electron chi connectivity index (χ2n) is 5.84. The SMILES string of the molecule is CCOC(=O)C1=C(C)N(C2CC2)C(=O)N[C@@H]1c1c(F)cccc1F. The van der Waals surface area contributed by atoms with Crippen LogP contribution in [0.15, 0.2) is 29.5 Å². The largest absolute Gasteiger partial charge is 0.463 e. The summed E-state index contributed by atoms with van der Waals surface area (Å²) in [6.07, 6.45) is 1.67. The van der Waals surface area contributed by atoms with Gasteiger partial charge < -0.3 is 10.1 Å². The average Bonchev–Trinajstić information content (AvgIpc) is 3.31. The number of nitrogens with one attached hydrogen (secondary N) is 1. The molecule has 5 nitrogen and oxygen atoms in total. The van der Waals surface area contributed by atoms with E-state index in [9.17, 15) is 18.4 Å². The number of amides is 2. The number of carbonyl (C=O) groups is 2. The van der Waals surface area contributed by atoms with Crippen molar-refractivity contribution in [2.45, 2.75) is 38.8 Å². The third-order valence-corrected chi connectivity index (χ3v) is 4.22. The second kappa shape index (κ2) is 6.22. The van der Waals surface area contributed by atoms with Gasteiger partial charge in [0.2, 0.25) is 0 Å². The fraction of sp³-hybridized carbons (Fsp3) is 0.412. The lowest BCUT2D eigenvalue weighted by Gasteiger charge is -2.35. The highest BCUT2D eigenvalue weighted by atomic mass is 19.1. The monoisotopic (exact) mass is 336 g/mol. The standard InChI is InChI=1S/C17H18F2N2O3/c1-3-24-16(22)13-9(2)21(10-7-8-10)17(23)20-15(13)14-11(18)5-4-6-12(14)19/h4-6,10,15H,3,7-8H2,1-2H3,(H,20,23)/t15-/m0/s1. The summed E-state index contributed by atoms with van der Waals surface area (Å²) >= 11 is 0. The summed E-state index contributed by atoms with van der Waals surface area (Å²) in [6.45, 7) is 3.38. The minimum Gasteiger partial charge on any atom is -0.463 e. The van der Waals surface area contributed by atoms with E-state index >= 15 is 0 Å². The average molecular weight is 336 g/mol. The van der Waals surface area contributed by atoms with Crippen molar-refractivity contribution in [1.82, 2.24) is 10.2 Å². The van der Waals surface area contributed by atoms with Crippen LogP contribution in [0.2, 0.25) is 0 Å². The van der Waals surface area contributed by atoms with Crippen molar-refractivity contribution in [3.8, 4) is 0 Å². The van der Waals surface area contributed by atoms with Crippen molar-refractivity contribution in [1.29, 1.82) is 0 Å². The molecule has 1 N–H and O–H groups in total. The Balaban J connectivity index is 2.13.